The molecule has 0 aliphatic rings. The molecule has 9 heteroatoms. The van der Waals surface area contributed by atoms with Crippen molar-refractivity contribution in [3.05, 3.63) is 42.0 Å². The Bertz CT molecular complexity index is 1040. The van der Waals surface area contributed by atoms with Crippen LogP contribution in [0.15, 0.2) is 36.4 Å². The molecular formula is C35H53NO8. The zero-order chi connectivity index (χ0) is 32.6. The SMILES string of the molecule is CC#CCOc1ccc(C[C@H](NC(=O)[C@@H](/C=C/CCCCCCC(O)CCCCCCC)[C@@H](CCO)C(=O)O)C(=O)O)cc1. The van der Waals surface area contributed by atoms with Crippen LogP contribution in [-0.2, 0) is 20.8 Å². The molecule has 0 fully saturated rings. The van der Waals surface area contributed by atoms with E-state index in [0.29, 0.717) is 17.7 Å². The molecule has 246 valence electrons. The fraction of sp³-hybridized carbons (Fsp3) is 0.629. The molecule has 4 atom stereocenters. The Hall–Kier alpha value is -3.35. The van der Waals surface area contributed by atoms with Gasteiger partial charge in [-0.3, -0.25) is 9.59 Å². The van der Waals surface area contributed by atoms with Crippen LogP contribution in [0.25, 0.3) is 0 Å². The lowest BCUT2D eigenvalue weighted by atomic mass is 9.87. The van der Waals surface area contributed by atoms with Crippen LogP contribution in [0.4, 0.5) is 0 Å². The number of unbranched alkanes of at least 4 members (excludes halogenated alkanes) is 8. The fourth-order valence-electron chi connectivity index (χ4n) is 4.98. The summed E-state index contributed by atoms with van der Waals surface area (Å²) in [5.74, 6) is 0.586. The van der Waals surface area contributed by atoms with Crippen molar-refractivity contribution in [1.29, 1.82) is 0 Å². The van der Waals surface area contributed by atoms with E-state index in [2.05, 4.69) is 24.1 Å². The van der Waals surface area contributed by atoms with Gasteiger partial charge in [-0.2, -0.15) is 0 Å². The zero-order valence-electron chi connectivity index (χ0n) is 26.5. The molecule has 0 aliphatic heterocycles. The Morgan fingerprint density at radius 1 is 0.909 bits per heavy atom. The van der Waals surface area contributed by atoms with Crippen LogP contribution in [0.1, 0.15) is 103 Å². The van der Waals surface area contributed by atoms with Gasteiger partial charge in [-0.1, -0.05) is 88.5 Å². The summed E-state index contributed by atoms with van der Waals surface area (Å²) in [5.41, 5.74) is 0.656. The minimum Gasteiger partial charge on any atom is -0.481 e. The van der Waals surface area contributed by atoms with Crippen molar-refractivity contribution in [2.75, 3.05) is 13.2 Å². The summed E-state index contributed by atoms with van der Waals surface area (Å²) < 4.78 is 5.47. The summed E-state index contributed by atoms with van der Waals surface area (Å²) in [6, 6.07) is 5.52. The van der Waals surface area contributed by atoms with Gasteiger partial charge in [-0.25, -0.2) is 4.79 Å². The van der Waals surface area contributed by atoms with E-state index in [1.807, 2.05) is 0 Å². The maximum absolute atomic E-state index is 13.2. The molecule has 0 radical (unpaired) electrons. The van der Waals surface area contributed by atoms with E-state index in [0.717, 1.165) is 44.9 Å². The predicted molar refractivity (Wildman–Crippen MR) is 171 cm³/mol. The second-order valence-corrected chi connectivity index (χ2v) is 11.2. The first-order chi connectivity index (χ1) is 21.2. The number of carbonyl (C=O) groups is 3. The number of ether oxygens (including phenoxy) is 1. The van der Waals surface area contributed by atoms with E-state index >= 15 is 0 Å². The van der Waals surface area contributed by atoms with Crippen LogP contribution in [0.5, 0.6) is 5.75 Å². The van der Waals surface area contributed by atoms with Crippen molar-refractivity contribution in [1.82, 2.24) is 5.32 Å². The van der Waals surface area contributed by atoms with Crippen LogP contribution in [0.3, 0.4) is 0 Å². The summed E-state index contributed by atoms with van der Waals surface area (Å²) in [5, 5.41) is 41.7. The Morgan fingerprint density at radius 2 is 1.55 bits per heavy atom. The Labute approximate surface area is 263 Å². The van der Waals surface area contributed by atoms with Gasteiger partial charge in [-0.15, -0.1) is 5.92 Å². The molecule has 0 spiro atoms. The van der Waals surface area contributed by atoms with E-state index in [-0.39, 0.29) is 25.6 Å². The maximum Gasteiger partial charge on any atom is 0.326 e. The number of amides is 1. The van der Waals surface area contributed by atoms with Gasteiger partial charge < -0.3 is 30.5 Å². The van der Waals surface area contributed by atoms with Gasteiger partial charge in [0.1, 0.15) is 18.4 Å². The molecule has 0 heterocycles. The van der Waals surface area contributed by atoms with Crippen LogP contribution >= 0.6 is 0 Å². The molecule has 0 aliphatic carbocycles. The lowest BCUT2D eigenvalue weighted by Crippen LogP contribution is -2.47. The minimum atomic E-state index is -1.27. The second-order valence-electron chi connectivity index (χ2n) is 11.2. The summed E-state index contributed by atoms with van der Waals surface area (Å²) in [7, 11) is 0. The Balaban J connectivity index is 2.67. The summed E-state index contributed by atoms with van der Waals surface area (Å²) >= 11 is 0. The van der Waals surface area contributed by atoms with Gasteiger partial charge in [-0.05, 0) is 56.7 Å². The molecule has 1 aromatic carbocycles. The number of rotatable bonds is 25. The smallest absolute Gasteiger partial charge is 0.326 e. The molecule has 9 nitrogen and oxygen atoms in total. The van der Waals surface area contributed by atoms with Crippen molar-refractivity contribution in [2.24, 2.45) is 11.8 Å². The number of carbonyl (C=O) groups excluding carboxylic acids is 1. The molecule has 1 amide bonds. The predicted octanol–water partition coefficient (Wildman–Crippen LogP) is 5.52. The highest BCUT2D eigenvalue weighted by molar-refractivity contribution is 5.89. The van der Waals surface area contributed by atoms with Crippen molar-refractivity contribution >= 4 is 17.8 Å². The molecular weight excluding hydrogens is 562 g/mol. The number of aliphatic carboxylic acids is 2. The molecule has 1 unspecified atom stereocenters. The zero-order valence-corrected chi connectivity index (χ0v) is 26.5. The standard InChI is InChI=1S/C35H53NO8/c1-3-5-7-10-13-16-28(38)17-14-11-8-9-12-15-18-30(31(23-24-37)34(40)41)33(39)36-32(35(42)43)26-27-19-21-29(22-20-27)44-25-6-4-2/h15,18-22,28,30-32,37-38H,3,5,7-14,16-17,23-26H2,1-2H3,(H,36,39)(H,40,41)(H,42,43)/b18-15+/t28?,30-,31+,32-/m0/s1. The summed E-state index contributed by atoms with van der Waals surface area (Å²) in [6.07, 6.45) is 14.8. The summed E-state index contributed by atoms with van der Waals surface area (Å²) in [4.78, 5) is 37.2. The molecule has 5 N–H and O–H groups in total. The highest BCUT2D eigenvalue weighted by atomic mass is 16.5. The molecule has 0 saturated carbocycles. The van der Waals surface area contributed by atoms with Crippen molar-refractivity contribution in [3.8, 4) is 17.6 Å². The van der Waals surface area contributed by atoms with Gasteiger partial charge in [0.15, 0.2) is 0 Å². The monoisotopic (exact) mass is 615 g/mol. The van der Waals surface area contributed by atoms with E-state index in [9.17, 15) is 34.8 Å². The van der Waals surface area contributed by atoms with Crippen LogP contribution in [0, 0.1) is 23.7 Å². The fourth-order valence-corrected chi connectivity index (χ4v) is 4.98. The number of carboxylic acids is 2. The van der Waals surface area contributed by atoms with Crippen LogP contribution < -0.4 is 10.1 Å². The highest BCUT2D eigenvalue weighted by Gasteiger charge is 2.33. The van der Waals surface area contributed by atoms with E-state index in [1.165, 1.54) is 31.8 Å². The first kappa shape index (κ1) is 38.7. The number of aliphatic hydroxyl groups is 2. The molecule has 0 bridgehead atoms. The topological polar surface area (TPSA) is 153 Å². The van der Waals surface area contributed by atoms with Gasteiger partial charge in [0.25, 0.3) is 0 Å². The third-order valence-electron chi connectivity index (χ3n) is 7.60. The molecule has 0 aromatic heterocycles. The molecule has 0 saturated heterocycles. The third kappa shape index (κ3) is 17.1. The average molecular weight is 616 g/mol. The summed E-state index contributed by atoms with van der Waals surface area (Å²) in [6.45, 7) is 3.72. The second kappa shape index (κ2) is 24.0. The number of carboxylic acid groups (broad SMARTS) is 2. The van der Waals surface area contributed by atoms with Gasteiger partial charge in [0, 0.05) is 13.0 Å². The lowest BCUT2D eigenvalue weighted by molar-refractivity contribution is -0.147. The van der Waals surface area contributed by atoms with E-state index < -0.39 is 42.3 Å². The van der Waals surface area contributed by atoms with E-state index in [4.69, 9.17) is 4.74 Å². The van der Waals surface area contributed by atoms with E-state index in [1.54, 1.807) is 37.3 Å². The number of aliphatic hydroxyl groups excluding tert-OH is 2. The van der Waals surface area contributed by atoms with Gasteiger partial charge >= 0.3 is 11.9 Å². The number of allylic oxidation sites excluding steroid dienone is 1. The number of benzene rings is 1. The lowest BCUT2D eigenvalue weighted by Gasteiger charge is -2.23. The quantitative estimate of drug-likeness (QED) is 0.0548. The van der Waals surface area contributed by atoms with Crippen molar-refractivity contribution in [3.63, 3.8) is 0 Å². The molecule has 1 rings (SSSR count). The third-order valence-corrected chi connectivity index (χ3v) is 7.60. The van der Waals surface area contributed by atoms with Gasteiger partial charge in [0.05, 0.1) is 17.9 Å². The van der Waals surface area contributed by atoms with Gasteiger partial charge in [0.2, 0.25) is 5.91 Å². The Kier molecular flexibility index (Phi) is 21.1. The molecule has 44 heavy (non-hydrogen) atoms. The number of hydrogen-bond acceptors (Lipinski definition) is 6. The van der Waals surface area contributed by atoms with Crippen molar-refractivity contribution < 1.29 is 39.5 Å². The van der Waals surface area contributed by atoms with Crippen molar-refractivity contribution in [2.45, 2.75) is 116 Å². The normalized spacial score (nSPS) is 13.8. The highest BCUT2D eigenvalue weighted by Crippen LogP contribution is 2.21. The number of nitrogens with one attached hydrogen (secondary N) is 1. The maximum atomic E-state index is 13.2. The minimum absolute atomic E-state index is 0.00214. The Morgan fingerprint density at radius 3 is 2.11 bits per heavy atom. The first-order valence-electron chi connectivity index (χ1n) is 16.1. The van der Waals surface area contributed by atoms with Crippen LogP contribution in [-0.4, -0.2) is 63.6 Å². The largest absolute Gasteiger partial charge is 0.481 e. The number of hydrogen-bond donors (Lipinski definition) is 5. The van der Waals surface area contributed by atoms with Crippen LogP contribution in [0.2, 0.25) is 0 Å². The molecule has 1 aromatic rings. The first-order valence-corrected chi connectivity index (χ1v) is 16.1. The average Bonchev–Trinajstić information content (AvgIpc) is 2.99.